The van der Waals surface area contributed by atoms with Crippen molar-refractivity contribution in [2.24, 2.45) is 0 Å². The van der Waals surface area contributed by atoms with Gasteiger partial charge in [-0.15, -0.1) is 0 Å². The fourth-order valence-corrected chi connectivity index (χ4v) is 24.7. The van der Waals surface area contributed by atoms with E-state index in [9.17, 15) is 30.7 Å². The third kappa shape index (κ3) is 11.2. The van der Waals surface area contributed by atoms with Crippen LogP contribution in [-0.4, -0.2) is 60.3 Å². The van der Waals surface area contributed by atoms with Crippen molar-refractivity contribution in [3.63, 3.8) is 0 Å². The van der Waals surface area contributed by atoms with Gasteiger partial charge < -0.3 is 16.5 Å². The Bertz CT molecular complexity index is 665. The van der Waals surface area contributed by atoms with Gasteiger partial charge in [-0.3, -0.25) is 0 Å². The van der Waals surface area contributed by atoms with Gasteiger partial charge in [-0.25, -0.2) is 0 Å². The largest absolute Gasteiger partial charge is 0.471 e. The molecule has 16 heteroatoms. The molecule has 1 atom stereocenters. The molecule has 1 unspecified atom stereocenters. The minimum absolute atomic E-state index is 0.355. The molecule has 206 valence electrons. The average Bonchev–Trinajstić information content (AvgIpc) is 2.46. The SMILES string of the molecule is CCC[Si](O[Si](C)(C)C)(O[Si](C)(C)CCC(F)(F)C(F)(F)C(F)(F)F)O[Si](C)(C)O[Si](C)(C)C. The van der Waals surface area contributed by atoms with Crippen molar-refractivity contribution in [1.29, 1.82) is 0 Å². The van der Waals surface area contributed by atoms with Crippen LogP contribution in [0.3, 0.4) is 0 Å². The highest BCUT2D eigenvalue weighted by molar-refractivity contribution is 6.91. The molecule has 4 nitrogen and oxygen atoms in total. The van der Waals surface area contributed by atoms with Crippen LogP contribution in [0.2, 0.25) is 77.6 Å². The van der Waals surface area contributed by atoms with Crippen LogP contribution in [0.4, 0.5) is 30.7 Å². The summed E-state index contributed by atoms with van der Waals surface area (Å²) >= 11 is 0. The van der Waals surface area contributed by atoms with Crippen LogP contribution >= 0.6 is 0 Å². The third-order valence-electron chi connectivity index (χ3n) is 4.26. The van der Waals surface area contributed by atoms with Gasteiger partial charge in [0, 0.05) is 12.5 Å². The van der Waals surface area contributed by atoms with E-state index in [1.165, 1.54) is 13.1 Å². The number of hydrogen-bond donors (Lipinski definition) is 0. The van der Waals surface area contributed by atoms with Gasteiger partial charge in [0.25, 0.3) is 0 Å². The Labute approximate surface area is 204 Å². The average molecular weight is 595 g/mol. The monoisotopic (exact) mass is 594 g/mol. The molecule has 0 aliphatic rings. The van der Waals surface area contributed by atoms with E-state index >= 15 is 0 Å². The highest BCUT2D eigenvalue weighted by Crippen LogP contribution is 2.49. The molecular formula is C18H41F7O4Si5. The zero-order chi connectivity index (χ0) is 27.7. The van der Waals surface area contributed by atoms with Gasteiger partial charge in [-0.05, 0) is 71.5 Å². The molecule has 0 heterocycles. The van der Waals surface area contributed by atoms with E-state index < -0.39 is 72.8 Å². The van der Waals surface area contributed by atoms with Crippen molar-refractivity contribution < 1.29 is 47.2 Å². The van der Waals surface area contributed by atoms with Crippen molar-refractivity contribution in [2.45, 2.75) is 115 Å². The Hall–Kier alpha value is 0.434. The smallest absolute Gasteiger partial charge is 0.437 e. The molecule has 0 saturated heterocycles. The summed E-state index contributed by atoms with van der Waals surface area (Å²) in [5, 5.41) is 0. The lowest BCUT2D eigenvalue weighted by Gasteiger charge is -2.45. The molecule has 0 amide bonds. The fourth-order valence-electron chi connectivity index (χ4n) is 3.42. The van der Waals surface area contributed by atoms with Gasteiger partial charge in [-0.1, -0.05) is 13.3 Å². The molecule has 0 rings (SSSR count). The summed E-state index contributed by atoms with van der Waals surface area (Å²) in [6, 6.07) is -0.270. The highest BCUT2D eigenvalue weighted by atomic mass is 28.5. The first kappa shape index (κ1) is 34.4. The Morgan fingerprint density at radius 3 is 1.38 bits per heavy atom. The first-order valence-corrected chi connectivity index (χ1v) is 25.9. The predicted octanol–water partition coefficient (Wildman–Crippen LogP) is 8.20. The minimum Gasteiger partial charge on any atom is -0.437 e. The molecule has 0 bridgehead atoms. The first-order chi connectivity index (χ1) is 14.6. The molecule has 0 saturated carbocycles. The number of rotatable bonds is 14. The number of halogens is 7. The topological polar surface area (TPSA) is 36.9 Å². The zero-order valence-corrected chi connectivity index (χ0v) is 27.1. The van der Waals surface area contributed by atoms with E-state index in [-0.39, 0.29) is 0 Å². The molecule has 34 heavy (non-hydrogen) atoms. The first-order valence-electron chi connectivity index (χ1n) is 11.2. The predicted molar refractivity (Wildman–Crippen MR) is 132 cm³/mol. The summed E-state index contributed by atoms with van der Waals surface area (Å²) in [6.07, 6.45) is -7.42. The summed E-state index contributed by atoms with van der Waals surface area (Å²) in [7, 11) is -14.0. The van der Waals surface area contributed by atoms with Gasteiger partial charge in [0.2, 0.25) is 0 Å². The normalized spacial score (nSPS) is 17.1. The van der Waals surface area contributed by atoms with E-state index in [0.29, 0.717) is 12.5 Å². The molecule has 0 fully saturated rings. The number of hydrogen-bond acceptors (Lipinski definition) is 4. The molecule has 0 aromatic heterocycles. The molecule has 0 N–H and O–H groups in total. The second-order valence-electron chi connectivity index (χ2n) is 11.5. The van der Waals surface area contributed by atoms with E-state index in [1.807, 2.05) is 59.3 Å². The Kier molecular flexibility index (Phi) is 11.2. The van der Waals surface area contributed by atoms with Gasteiger partial charge in [0.1, 0.15) is 0 Å². The second-order valence-corrected chi connectivity index (χ2v) is 31.9. The van der Waals surface area contributed by atoms with Crippen LogP contribution in [-0.2, 0) is 16.5 Å². The van der Waals surface area contributed by atoms with E-state index in [4.69, 9.17) is 16.5 Å². The van der Waals surface area contributed by atoms with Crippen molar-refractivity contribution >= 4 is 42.3 Å². The maximum absolute atomic E-state index is 14.0. The van der Waals surface area contributed by atoms with E-state index in [0.717, 1.165) is 0 Å². The van der Waals surface area contributed by atoms with Crippen LogP contribution in [0.1, 0.15) is 19.8 Å². The van der Waals surface area contributed by atoms with Gasteiger partial charge in [0.15, 0.2) is 25.0 Å². The lowest BCUT2D eigenvalue weighted by molar-refractivity contribution is -0.354. The standard InChI is InChI=1S/C18H41F7O4Si5/c1-12-14-34(27-31(5,6)7,29-33(10,11)26-30(2,3)4)28-32(8,9)15-13-16(19,20)17(21,22)18(23,24)25/h12-15H2,1-11H3. The maximum atomic E-state index is 14.0. The number of alkyl halides is 7. The lowest BCUT2D eigenvalue weighted by Crippen LogP contribution is -2.63. The molecular weight excluding hydrogens is 554 g/mol. The summed E-state index contributed by atoms with van der Waals surface area (Å²) in [4.78, 5) is 0. The quantitative estimate of drug-likeness (QED) is 0.150. The van der Waals surface area contributed by atoms with E-state index in [1.54, 1.807) is 0 Å². The van der Waals surface area contributed by atoms with Crippen LogP contribution in [0.15, 0.2) is 0 Å². The van der Waals surface area contributed by atoms with Gasteiger partial charge >= 0.3 is 35.4 Å². The highest BCUT2D eigenvalue weighted by Gasteiger charge is 2.72. The van der Waals surface area contributed by atoms with Gasteiger partial charge in [-0.2, -0.15) is 30.7 Å². The Morgan fingerprint density at radius 1 is 0.588 bits per heavy atom. The molecule has 0 radical (unpaired) electrons. The maximum Gasteiger partial charge on any atom is 0.471 e. The molecule has 0 aliphatic heterocycles. The zero-order valence-electron chi connectivity index (χ0n) is 22.1. The summed E-state index contributed by atoms with van der Waals surface area (Å²) in [5.74, 6) is -11.4. The Balaban J connectivity index is 6.05. The minimum atomic E-state index is -6.35. The van der Waals surface area contributed by atoms with Crippen LogP contribution in [0.5, 0.6) is 0 Å². The summed E-state index contributed by atoms with van der Waals surface area (Å²) < 4.78 is 118. The van der Waals surface area contributed by atoms with E-state index in [2.05, 4.69) is 0 Å². The Morgan fingerprint density at radius 2 is 1.03 bits per heavy atom. The van der Waals surface area contributed by atoms with Crippen molar-refractivity contribution in [1.82, 2.24) is 0 Å². The van der Waals surface area contributed by atoms with Crippen LogP contribution < -0.4 is 0 Å². The van der Waals surface area contributed by atoms with Crippen molar-refractivity contribution in [3.05, 3.63) is 0 Å². The van der Waals surface area contributed by atoms with Crippen LogP contribution in [0, 0.1) is 0 Å². The van der Waals surface area contributed by atoms with Crippen molar-refractivity contribution in [3.8, 4) is 0 Å². The third-order valence-corrected chi connectivity index (χ3v) is 21.6. The lowest BCUT2D eigenvalue weighted by atomic mass is 10.1. The molecule has 0 spiro atoms. The molecule has 0 aromatic carbocycles. The molecule has 0 aromatic rings. The van der Waals surface area contributed by atoms with Gasteiger partial charge in [0.05, 0.1) is 0 Å². The van der Waals surface area contributed by atoms with Crippen molar-refractivity contribution in [2.75, 3.05) is 0 Å². The summed E-state index contributed by atoms with van der Waals surface area (Å²) in [6.45, 7) is 20.3. The second kappa shape index (κ2) is 11.0. The molecule has 0 aliphatic carbocycles. The summed E-state index contributed by atoms with van der Waals surface area (Å²) in [5.41, 5.74) is 0. The van der Waals surface area contributed by atoms with Crippen LogP contribution in [0.25, 0.3) is 0 Å². The fraction of sp³-hybridized carbons (Fsp3) is 1.00.